The molecule has 0 bridgehead atoms. The van der Waals surface area contributed by atoms with Gasteiger partial charge in [0, 0.05) is 37.0 Å². The van der Waals surface area contributed by atoms with Crippen LogP contribution in [0.15, 0.2) is 42.5 Å². The Labute approximate surface area is 166 Å². The number of benzene rings is 2. The Morgan fingerprint density at radius 2 is 1.62 bits per heavy atom. The first kappa shape index (κ1) is 21.5. The monoisotopic (exact) mass is 403 g/mol. The molecule has 0 aliphatic rings. The van der Waals surface area contributed by atoms with Crippen molar-refractivity contribution in [3.05, 3.63) is 58.1 Å². The quantitative estimate of drug-likeness (QED) is 0.267. The molecule has 2 N–H and O–H groups in total. The number of hydrogen-bond acceptors (Lipinski definition) is 8. The number of non-ortho nitro benzene ring substituents is 1. The summed E-state index contributed by atoms with van der Waals surface area (Å²) in [6, 6.07) is 10.5. The zero-order valence-electron chi connectivity index (χ0n) is 16.0. The molecule has 0 fully saturated rings. The number of carbonyl (C=O) groups excluding carboxylic acids is 2. The molecule has 10 nitrogen and oxygen atoms in total. The molecule has 154 valence electrons. The van der Waals surface area contributed by atoms with Crippen molar-refractivity contribution in [1.82, 2.24) is 5.32 Å². The van der Waals surface area contributed by atoms with E-state index in [2.05, 4.69) is 10.6 Å². The molecule has 10 heteroatoms. The van der Waals surface area contributed by atoms with Crippen LogP contribution < -0.4 is 20.1 Å². The number of ether oxygens (including phenoxy) is 3. The number of amides is 1. The number of anilines is 1. The van der Waals surface area contributed by atoms with Crippen LogP contribution in [0.1, 0.15) is 10.4 Å². The molecule has 2 rings (SSSR count). The third-order valence-corrected chi connectivity index (χ3v) is 3.78. The lowest BCUT2D eigenvalue weighted by molar-refractivity contribution is -0.384. The molecule has 0 saturated heterocycles. The van der Waals surface area contributed by atoms with Gasteiger partial charge in [0.1, 0.15) is 11.5 Å². The van der Waals surface area contributed by atoms with Crippen molar-refractivity contribution < 1.29 is 28.7 Å². The Morgan fingerprint density at radius 1 is 1.00 bits per heavy atom. The van der Waals surface area contributed by atoms with Gasteiger partial charge >= 0.3 is 5.97 Å². The van der Waals surface area contributed by atoms with Gasteiger partial charge < -0.3 is 24.8 Å². The van der Waals surface area contributed by atoms with Gasteiger partial charge in [-0.3, -0.25) is 14.9 Å². The zero-order valence-corrected chi connectivity index (χ0v) is 16.0. The second-order valence-corrected chi connectivity index (χ2v) is 5.76. The third-order valence-electron chi connectivity index (χ3n) is 3.78. The minimum atomic E-state index is -0.679. The molecule has 0 saturated carbocycles. The molecule has 0 aliphatic carbocycles. The normalized spacial score (nSPS) is 10.0. The maximum Gasteiger partial charge on any atom is 0.338 e. The maximum absolute atomic E-state index is 12.1. The number of methoxy groups -OCH3 is 2. The molecular formula is C19H21N3O7. The number of hydrogen-bond donors (Lipinski definition) is 2. The van der Waals surface area contributed by atoms with Crippen molar-refractivity contribution in [2.24, 2.45) is 0 Å². The number of carbonyl (C=O) groups is 2. The van der Waals surface area contributed by atoms with E-state index in [1.165, 1.54) is 38.5 Å². The van der Waals surface area contributed by atoms with Crippen molar-refractivity contribution in [2.75, 3.05) is 39.2 Å². The SMILES string of the molecule is COc1cc(OC)cc(C(=O)OCC(=O)NCCNc2ccc([N+](=O)[O-])cc2)c1. The van der Waals surface area contributed by atoms with Gasteiger partial charge in [-0.25, -0.2) is 4.79 Å². The Bertz CT molecular complexity index is 846. The van der Waals surface area contributed by atoms with Gasteiger partial charge in [0.05, 0.1) is 24.7 Å². The van der Waals surface area contributed by atoms with Crippen LogP contribution in [-0.2, 0) is 9.53 Å². The van der Waals surface area contributed by atoms with Crippen LogP contribution in [0.2, 0.25) is 0 Å². The van der Waals surface area contributed by atoms with Crippen molar-refractivity contribution in [3.63, 3.8) is 0 Å². The smallest absolute Gasteiger partial charge is 0.338 e. The molecule has 29 heavy (non-hydrogen) atoms. The van der Waals surface area contributed by atoms with Gasteiger partial charge in [0.2, 0.25) is 0 Å². The highest BCUT2D eigenvalue weighted by Crippen LogP contribution is 2.23. The Hall–Kier alpha value is -3.82. The summed E-state index contributed by atoms with van der Waals surface area (Å²) in [6.45, 7) is 0.237. The average molecular weight is 403 g/mol. The number of nitrogens with one attached hydrogen (secondary N) is 2. The lowest BCUT2D eigenvalue weighted by atomic mass is 10.2. The molecule has 0 aromatic heterocycles. The van der Waals surface area contributed by atoms with Gasteiger partial charge in [-0.1, -0.05) is 0 Å². The summed E-state index contributed by atoms with van der Waals surface area (Å²) < 4.78 is 15.2. The number of rotatable bonds is 10. The summed E-state index contributed by atoms with van der Waals surface area (Å²) in [6.07, 6.45) is 0. The summed E-state index contributed by atoms with van der Waals surface area (Å²) in [5.74, 6) is -0.281. The zero-order chi connectivity index (χ0) is 21.2. The van der Waals surface area contributed by atoms with Crippen LogP contribution in [0.3, 0.4) is 0 Å². The fourth-order valence-corrected chi connectivity index (χ4v) is 2.30. The van der Waals surface area contributed by atoms with Crippen molar-refractivity contribution in [3.8, 4) is 11.5 Å². The summed E-state index contributed by atoms with van der Waals surface area (Å²) in [7, 11) is 2.92. The van der Waals surface area contributed by atoms with Crippen LogP contribution in [-0.4, -0.2) is 50.7 Å². The molecule has 2 aromatic rings. The molecule has 0 unspecified atom stereocenters. The first-order valence-electron chi connectivity index (χ1n) is 8.58. The summed E-state index contributed by atoms with van der Waals surface area (Å²) in [4.78, 5) is 34.0. The predicted molar refractivity (Wildman–Crippen MR) is 104 cm³/mol. The van der Waals surface area contributed by atoms with Gasteiger partial charge in [-0.05, 0) is 24.3 Å². The van der Waals surface area contributed by atoms with Crippen molar-refractivity contribution >= 4 is 23.3 Å². The fourth-order valence-electron chi connectivity index (χ4n) is 2.30. The molecule has 0 atom stereocenters. The van der Waals surface area contributed by atoms with Crippen LogP contribution in [0.5, 0.6) is 11.5 Å². The van der Waals surface area contributed by atoms with E-state index < -0.39 is 23.4 Å². The van der Waals surface area contributed by atoms with E-state index in [1.54, 1.807) is 18.2 Å². The third kappa shape index (κ3) is 6.69. The van der Waals surface area contributed by atoms with Crippen molar-refractivity contribution in [1.29, 1.82) is 0 Å². The van der Waals surface area contributed by atoms with Crippen LogP contribution in [0.25, 0.3) is 0 Å². The Morgan fingerprint density at radius 3 is 2.17 bits per heavy atom. The van der Waals surface area contributed by atoms with E-state index in [4.69, 9.17) is 14.2 Å². The number of nitrogens with zero attached hydrogens (tertiary/aromatic N) is 1. The summed E-state index contributed by atoms with van der Waals surface area (Å²) >= 11 is 0. The molecule has 0 radical (unpaired) electrons. The van der Waals surface area contributed by atoms with E-state index in [-0.39, 0.29) is 17.8 Å². The molecule has 0 spiro atoms. The molecule has 1 amide bonds. The Balaban J connectivity index is 1.73. The highest BCUT2D eigenvalue weighted by Gasteiger charge is 2.13. The van der Waals surface area contributed by atoms with E-state index in [9.17, 15) is 19.7 Å². The lowest BCUT2D eigenvalue weighted by Gasteiger charge is -2.10. The number of esters is 1. The number of nitro groups is 1. The van der Waals surface area contributed by atoms with E-state index >= 15 is 0 Å². The van der Waals surface area contributed by atoms with Gasteiger partial charge in [0.25, 0.3) is 11.6 Å². The first-order chi connectivity index (χ1) is 13.9. The van der Waals surface area contributed by atoms with Crippen molar-refractivity contribution in [2.45, 2.75) is 0 Å². The minimum absolute atomic E-state index is 0.000625. The summed E-state index contributed by atoms with van der Waals surface area (Å²) in [5, 5.41) is 16.2. The van der Waals surface area contributed by atoms with Gasteiger partial charge in [-0.15, -0.1) is 0 Å². The standard InChI is InChI=1S/C19H21N3O7/c1-27-16-9-13(10-17(11-16)28-2)19(24)29-12-18(23)21-8-7-20-14-3-5-15(6-4-14)22(25)26/h3-6,9-11,20H,7-8,12H2,1-2H3,(H,21,23). The van der Waals surface area contributed by atoms with Gasteiger partial charge in [-0.2, -0.15) is 0 Å². The minimum Gasteiger partial charge on any atom is -0.497 e. The maximum atomic E-state index is 12.1. The van der Waals surface area contributed by atoms with E-state index in [0.717, 1.165) is 0 Å². The topological polar surface area (TPSA) is 129 Å². The second-order valence-electron chi connectivity index (χ2n) is 5.76. The predicted octanol–water partition coefficient (Wildman–Crippen LogP) is 2.00. The fraction of sp³-hybridized carbons (Fsp3) is 0.263. The van der Waals surface area contributed by atoms with Crippen LogP contribution in [0.4, 0.5) is 11.4 Å². The lowest BCUT2D eigenvalue weighted by Crippen LogP contribution is -2.32. The highest BCUT2D eigenvalue weighted by molar-refractivity contribution is 5.92. The largest absolute Gasteiger partial charge is 0.497 e. The van der Waals surface area contributed by atoms with E-state index in [1.807, 2.05) is 0 Å². The average Bonchev–Trinajstić information content (AvgIpc) is 2.74. The Kier molecular flexibility index (Phi) is 7.78. The van der Waals surface area contributed by atoms with E-state index in [0.29, 0.717) is 23.7 Å². The van der Waals surface area contributed by atoms with Crippen LogP contribution in [0, 0.1) is 10.1 Å². The highest BCUT2D eigenvalue weighted by atomic mass is 16.6. The second kappa shape index (κ2) is 10.5. The first-order valence-corrected chi connectivity index (χ1v) is 8.58. The summed E-state index contributed by atoms with van der Waals surface area (Å²) in [5.41, 5.74) is 0.886. The molecule has 0 aliphatic heterocycles. The molecule has 0 heterocycles. The molecule has 2 aromatic carbocycles. The number of nitro benzene ring substituents is 1. The molecular weight excluding hydrogens is 382 g/mol. The van der Waals surface area contributed by atoms with Gasteiger partial charge in [0.15, 0.2) is 6.61 Å². The van der Waals surface area contributed by atoms with Crippen LogP contribution >= 0.6 is 0 Å².